The molecule has 0 bridgehead atoms. The van der Waals surface area contributed by atoms with Crippen LogP contribution in [0.4, 0.5) is 11.7 Å². The first-order valence-electron chi connectivity index (χ1n) is 5.81. The molecule has 2 aromatic rings. The second-order valence-corrected chi connectivity index (χ2v) is 3.79. The Hall–Kier alpha value is -1.49. The standard InChI is InChI=1S/C13H17N3O.BrH/c1-3-16(4-2)11-7-5-10(6-8-11)12-9-17-13(14)15-12;/h5-9H,3-4H2,1-2H3,(H2,14,15);1H. The molecule has 0 fully saturated rings. The van der Waals surface area contributed by atoms with E-state index in [1.807, 2.05) is 12.1 Å². The third-order valence-corrected chi connectivity index (χ3v) is 2.81. The van der Waals surface area contributed by atoms with E-state index in [0.29, 0.717) is 0 Å². The van der Waals surface area contributed by atoms with Crippen molar-refractivity contribution in [3.05, 3.63) is 30.5 Å². The van der Waals surface area contributed by atoms with Crippen LogP contribution in [0.15, 0.2) is 34.9 Å². The highest BCUT2D eigenvalue weighted by Gasteiger charge is 2.05. The van der Waals surface area contributed by atoms with Crippen molar-refractivity contribution in [1.29, 1.82) is 0 Å². The Morgan fingerprint density at radius 1 is 1.17 bits per heavy atom. The van der Waals surface area contributed by atoms with Crippen molar-refractivity contribution in [2.45, 2.75) is 13.8 Å². The van der Waals surface area contributed by atoms with Crippen molar-refractivity contribution < 1.29 is 4.42 Å². The highest BCUT2D eigenvalue weighted by Crippen LogP contribution is 2.23. The molecule has 0 aliphatic heterocycles. The molecule has 0 spiro atoms. The van der Waals surface area contributed by atoms with Gasteiger partial charge in [-0.3, -0.25) is 0 Å². The first-order chi connectivity index (χ1) is 8.24. The summed E-state index contributed by atoms with van der Waals surface area (Å²) in [5.74, 6) is 0. The summed E-state index contributed by atoms with van der Waals surface area (Å²) in [6, 6.07) is 8.45. The summed E-state index contributed by atoms with van der Waals surface area (Å²) < 4.78 is 5.00. The molecule has 0 unspecified atom stereocenters. The number of rotatable bonds is 4. The fourth-order valence-electron chi connectivity index (χ4n) is 1.85. The zero-order valence-corrected chi connectivity index (χ0v) is 12.3. The van der Waals surface area contributed by atoms with Crippen LogP contribution in [-0.2, 0) is 0 Å². The van der Waals surface area contributed by atoms with Gasteiger partial charge in [-0.05, 0) is 26.0 Å². The van der Waals surface area contributed by atoms with E-state index < -0.39 is 0 Å². The third kappa shape index (κ3) is 3.04. The number of nitrogens with zero attached hydrogens (tertiary/aromatic N) is 2. The van der Waals surface area contributed by atoms with Crippen LogP contribution in [0.5, 0.6) is 0 Å². The monoisotopic (exact) mass is 311 g/mol. The molecule has 4 nitrogen and oxygen atoms in total. The molecule has 2 N–H and O–H groups in total. The summed E-state index contributed by atoms with van der Waals surface area (Å²) in [5, 5.41) is 0. The van der Waals surface area contributed by atoms with Gasteiger partial charge in [0.15, 0.2) is 0 Å². The Bertz CT molecular complexity index is 477. The Labute approximate surface area is 118 Å². The SMILES string of the molecule is Br.CCN(CC)c1ccc(-c2coc(N)n2)cc1. The van der Waals surface area contributed by atoms with Crippen molar-refractivity contribution in [3.8, 4) is 11.3 Å². The highest BCUT2D eigenvalue weighted by atomic mass is 79.9. The van der Waals surface area contributed by atoms with Crippen LogP contribution in [0, 0.1) is 0 Å². The van der Waals surface area contributed by atoms with Crippen molar-refractivity contribution in [2.75, 3.05) is 23.7 Å². The minimum absolute atomic E-state index is 0. The summed E-state index contributed by atoms with van der Waals surface area (Å²) in [5.41, 5.74) is 8.46. The van der Waals surface area contributed by atoms with E-state index in [4.69, 9.17) is 10.2 Å². The number of benzene rings is 1. The number of hydrogen-bond acceptors (Lipinski definition) is 4. The molecule has 98 valence electrons. The van der Waals surface area contributed by atoms with E-state index in [2.05, 4.69) is 35.9 Å². The molecule has 18 heavy (non-hydrogen) atoms. The predicted octanol–water partition coefficient (Wildman–Crippen LogP) is 3.35. The Morgan fingerprint density at radius 2 is 1.78 bits per heavy atom. The van der Waals surface area contributed by atoms with Gasteiger partial charge in [0.05, 0.1) is 0 Å². The largest absolute Gasteiger partial charge is 0.432 e. The van der Waals surface area contributed by atoms with E-state index in [9.17, 15) is 0 Å². The highest BCUT2D eigenvalue weighted by molar-refractivity contribution is 8.93. The van der Waals surface area contributed by atoms with Crippen LogP contribution >= 0.6 is 17.0 Å². The minimum Gasteiger partial charge on any atom is -0.432 e. The molecular formula is C13H18BrN3O. The number of nitrogen functional groups attached to an aromatic ring is 1. The minimum atomic E-state index is 0. The molecule has 1 heterocycles. The Balaban J connectivity index is 0.00000162. The zero-order chi connectivity index (χ0) is 12.3. The van der Waals surface area contributed by atoms with Gasteiger partial charge in [0.25, 0.3) is 6.01 Å². The maximum atomic E-state index is 5.45. The number of nitrogens with two attached hydrogens (primary N) is 1. The van der Waals surface area contributed by atoms with Gasteiger partial charge >= 0.3 is 0 Å². The van der Waals surface area contributed by atoms with E-state index in [0.717, 1.165) is 24.3 Å². The number of oxazole rings is 1. The van der Waals surface area contributed by atoms with Crippen LogP contribution in [-0.4, -0.2) is 18.1 Å². The summed E-state index contributed by atoms with van der Waals surface area (Å²) in [6.45, 7) is 6.31. The lowest BCUT2D eigenvalue weighted by Crippen LogP contribution is -2.21. The maximum absolute atomic E-state index is 5.45. The quantitative estimate of drug-likeness (QED) is 0.940. The van der Waals surface area contributed by atoms with Gasteiger partial charge in [-0.25, -0.2) is 0 Å². The first-order valence-corrected chi connectivity index (χ1v) is 5.81. The predicted molar refractivity (Wildman–Crippen MR) is 80.2 cm³/mol. The average Bonchev–Trinajstić information content (AvgIpc) is 2.78. The summed E-state index contributed by atoms with van der Waals surface area (Å²) >= 11 is 0. The molecule has 0 atom stereocenters. The normalized spacial score (nSPS) is 9.89. The van der Waals surface area contributed by atoms with Crippen LogP contribution in [0.2, 0.25) is 0 Å². The molecule has 0 saturated heterocycles. The van der Waals surface area contributed by atoms with Gasteiger partial charge in [0, 0.05) is 24.3 Å². The average molecular weight is 312 g/mol. The van der Waals surface area contributed by atoms with Gasteiger partial charge < -0.3 is 15.1 Å². The van der Waals surface area contributed by atoms with E-state index in [-0.39, 0.29) is 23.0 Å². The molecule has 0 saturated carbocycles. The van der Waals surface area contributed by atoms with Gasteiger partial charge in [-0.15, -0.1) is 17.0 Å². The van der Waals surface area contributed by atoms with Crippen LogP contribution in [0.25, 0.3) is 11.3 Å². The molecule has 0 aliphatic carbocycles. The van der Waals surface area contributed by atoms with Crippen molar-refractivity contribution in [3.63, 3.8) is 0 Å². The smallest absolute Gasteiger partial charge is 0.292 e. The van der Waals surface area contributed by atoms with Crippen LogP contribution in [0.1, 0.15) is 13.8 Å². The number of anilines is 2. The molecule has 1 aromatic carbocycles. The Morgan fingerprint density at radius 3 is 2.22 bits per heavy atom. The lowest BCUT2D eigenvalue weighted by molar-refractivity contribution is 0.581. The number of halogens is 1. The van der Waals surface area contributed by atoms with Crippen LogP contribution < -0.4 is 10.6 Å². The molecule has 2 rings (SSSR count). The first kappa shape index (κ1) is 14.6. The van der Waals surface area contributed by atoms with E-state index >= 15 is 0 Å². The summed E-state index contributed by atoms with van der Waals surface area (Å²) in [7, 11) is 0. The van der Waals surface area contributed by atoms with E-state index in [1.54, 1.807) is 6.26 Å². The second-order valence-electron chi connectivity index (χ2n) is 3.79. The van der Waals surface area contributed by atoms with Crippen molar-refractivity contribution >= 4 is 28.7 Å². The second kappa shape index (κ2) is 6.44. The molecule has 1 aromatic heterocycles. The van der Waals surface area contributed by atoms with Crippen molar-refractivity contribution in [1.82, 2.24) is 4.98 Å². The van der Waals surface area contributed by atoms with Crippen molar-refractivity contribution in [2.24, 2.45) is 0 Å². The summed E-state index contributed by atoms with van der Waals surface area (Å²) in [4.78, 5) is 6.39. The molecule has 0 radical (unpaired) electrons. The van der Waals surface area contributed by atoms with Gasteiger partial charge in [0.2, 0.25) is 0 Å². The van der Waals surface area contributed by atoms with Gasteiger partial charge in [0.1, 0.15) is 12.0 Å². The molecule has 0 amide bonds. The van der Waals surface area contributed by atoms with Gasteiger partial charge in [-0.2, -0.15) is 4.98 Å². The molecule has 0 aliphatic rings. The number of aromatic nitrogens is 1. The van der Waals surface area contributed by atoms with Crippen LogP contribution in [0.3, 0.4) is 0 Å². The van der Waals surface area contributed by atoms with Gasteiger partial charge in [-0.1, -0.05) is 12.1 Å². The topological polar surface area (TPSA) is 55.3 Å². The molecular weight excluding hydrogens is 294 g/mol. The summed E-state index contributed by atoms with van der Waals surface area (Å²) in [6.07, 6.45) is 1.57. The zero-order valence-electron chi connectivity index (χ0n) is 10.6. The lowest BCUT2D eigenvalue weighted by Gasteiger charge is -2.20. The number of hydrogen-bond donors (Lipinski definition) is 1. The molecule has 5 heteroatoms. The fourth-order valence-corrected chi connectivity index (χ4v) is 1.85. The van der Waals surface area contributed by atoms with E-state index in [1.165, 1.54) is 5.69 Å². The fraction of sp³-hybridized carbons (Fsp3) is 0.308. The third-order valence-electron chi connectivity index (χ3n) is 2.81. The maximum Gasteiger partial charge on any atom is 0.292 e. The Kier molecular flexibility index (Phi) is 5.22. The lowest BCUT2D eigenvalue weighted by atomic mass is 10.1.